The fraction of sp³-hybridized carbons (Fsp3) is 0.429. The van der Waals surface area contributed by atoms with Crippen molar-refractivity contribution in [3.8, 4) is 11.5 Å². The minimum atomic E-state index is -0.812. The second kappa shape index (κ2) is 5.91. The third kappa shape index (κ3) is 3.36. The van der Waals surface area contributed by atoms with Crippen molar-refractivity contribution in [2.75, 3.05) is 6.61 Å². The van der Waals surface area contributed by atoms with Gasteiger partial charge in [0.15, 0.2) is 5.82 Å². The molecule has 6 heteroatoms. The lowest BCUT2D eigenvalue weighted by Gasteiger charge is -2.21. The second-order valence-corrected chi connectivity index (χ2v) is 5.59. The summed E-state index contributed by atoms with van der Waals surface area (Å²) in [5.41, 5.74) is 6.05. The van der Waals surface area contributed by atoms with Crippen LogP contribution in [0.3, 0.4) is 0 Å². The van der Waals surface area contributed by atoms with E-state index in [0.717, 1.165) is 0 Å². The van der Waals surface area contributed by atoms with Crippen LogP contribution in [0.15, 0.2) is 28.8 Å². The van der Waals surface area contributed by atoms with Crippen LogP contribution in [-0.2, 0) is 10.3 Å². The number of nitrogens with zero attached hydrogens (tertiary/aromatic N) is 2. The lowest BCUT2D eigenvalue weighted by Crippen LogP contribution is -2.40. The highest BCUT2D eigenvalue weighted by Gasteiger charge is 2.29. The average Bonchev–Trinajstić information content (AvgIpc) is 2.87. The molecule has 1 aromatic carbocycles. The van der Waals surface area contributed by atoms with E-state index in [4.69, 9.17) is 26.6 Å². The molecule has 0 aliphatic heterocycles. The van der Waals surface area contributed by atoms with Crippen LogP contribution >= 0.6 is 11.6 Å². The van der Waals surface area contributed by atoms with Crippen LogP contribution in [0.4, 0.5) is 0 Å². The summed E-state index contributed by atoms with van der Waals surface area (Å²) in [6, 6.07) is 7.28. The molecule has 0 amide bonds. The van der Waals surface area contributed by atoms with Gasteiger partial charge in [0.2, 0.25) is 0 Å². The third-order valence-electron chi connectivity index (χ3n) is 2.76. The van der Waals surface area contributed by atoms with Crippen molar-refractivity contribution in [3.05, 3.63) is 35.1 Å². The Morgan fingerprint density at radius 3 is 2.75 bits per heavy atom. The van der Waals surface area contributed by atoms with Crippen molar-refractivity contribution < 1.29 is 9.26 Å². The normalized spacial score (nSPS) is 14.5. The minimum absolute atomic E-state index is 0.0906. The predicted molar refractivity (Wildman–Crippen MR) is 77.4 cm³/mol. The van der Waals surface area contributed by atoms with Crippen LogP contribution in [0.25, 0.3) is 11.5 Å². The van der Waals surface area contributed by atoms with Crippen molar-refractivity contribution in [1.82, 2.24) is 10.1 Å². The van der Waals surface area contributed by atoms with Crippen molar-refractivity contribution in [2.24, 2.45) is 5.73 Å². The largest absolute Gasteiger partial charge is 0.376 e. The van der Waals surface area contributed by atoms with Gasteiger partial charge in [0, 0.05) is 0 Å². The zero-order chi connectivity index (χ0) is 14.8. The Labute approximate surface area is 123 Å². The second-order valence-electron chi connectivity index (χ2n) is 5.18. The van der Waals surface area contributed by atoms with Crippen LogP contribution in [-0.4, -0.2) is 22.9 Å². The van der Waals surface area contributed by atoms with E-state index in [1.54, 1.807) is 13.0 Å². The molecule has 0 spiro atoms. The van der Waals surface area contributed by atoms with E-state index < -0.39 is 5.54 Å². The van der Waals surface area contributed by atoms with Crippen LogP contribution in [0.1, 0.15) is 26.6 Å². The van der Waals surface area contributed by atoms with E-state index in [1.165, 1.54) is 0 Å². The summed E-state index contributed by atoms with van der Waals surface area (Å²) in [5.74, 6) is 0.750. The fourth-order valence-corrected chi connectivity index (χ4v) is 1.82. The predicted octanol–water partition coefficient (Wildman–Crippen LogP) is 2.99. The molecule has 1 aromatic heterocycles. The smallest absolute Gasteiger partial charge is 0.259 e. The number of hydrogen-bond acceptors (Lipinski definition) is 5. The van der Waals surface area contributed by atoms with Crippen molar-refractivity contribution in [1.29, 1.82) is 0 Å². The van der Waals surface area contributed by atoms with Gasteiger partial charge in [-0.2, -0.15) is 4.98 Å². The molecule has 0 aliphatic carbocycles. The molecule has 0 bridgehead atoms. The summed E-state index contributed by atoms with van der Waals surface area (Å²) >= 11 is 6.10. The monoisotopic (exact) mass is 295 g/mol. The van der Waals surface area contributed by atoms with E-state index in [1.807, 2.05) is 32.0 Å². The Morgan fingerprint density at radius 1 is 1.40 bits per heavy atom. The highest BCUT2D eigenvalue weighted by molar-refractivity contribution is 6.33. The van der Waals surface area contributed by atoms with E-state index in [-0.39, 0.29) is 6.10 Å². The molecule has 0 aliphatic rings. The summed E-state index contributed by atoms with van der Waals surface area (Å²) in [6.45, 7) is 6.01. The zero-order valence-electron chi connectivity index (χ0n) is 11.8. The highest BCUT2D eigenvalue weighted by Crippen LogP contribution is 2.27. The molecule has 1 heterocycles. The summed E-state index contributed by atoms with van der Waals surface area (Å²) in [4.78, 5) is 4.32. The van der Waals surface area contributed by atoms with Crippen LogP contribution in [0, 0.1) is 0 Å². The van der Waals surface area contributed by atoms with E-state index in [2.05, 4.69) is 10.1 Å². The number of nitrogens with two attached hydrogens (primary N) is 1. The average molecular weight is 296 g/mol. The first-order chi connectivity index (χ1) is 9.40. The van der Waals surface area contributed by atoms with Gasteiger partial charge in [-0.25, -0.2) is 0 Å². The molecule has 0 radical (unpaired) electrons. The summed E-state index contributed by atoms with van der Waals surface area (Å²) in [5, 5.41) is 4.49. The maximum Gasteiger partial charge on any atom is 0.259 e. The van der Waals surface area contributed by atoms with Crippen LogP contribution in [0.2, 0.25) is 5.02 Å². The molecule has 1 atom stereocenters. The van der Waals surface area contributed by atoms with Gasteiger partial charge in [-0.1, -0.05) is 28.9 Å². The Bertz CT molecular complexity index is 581. The van der Waals surface area contributed by atoms with Gasteiger partial charge in [0.25, 0.3) is 5.89 Å². The lowest BCUT2D eigenvalue weighted by molar-refractivity contribution is 0.0410. The molecule has 2 N–H and O–H groups in total. The molecule has 2 rings (SSSR count). The molecule has 0 saturated heterocycles. The van der Waals surface area contributed by atoms with Gasteiger partial charge < -0.3 is 15.0 Å². The number of aromatic nitrogens is 2. The molecule has 20 heavy (non-hydrogen) atoms. The molecule has 0 fully saturated rings. The number of benzene rings is 1. The number of halogens is 1. The van der Waals surface area contributed by atoms with Gasteiger partial charge in [0.1, 0.15) is 5.54 Å². The Kier molecular flexibility index (Phi) is 4.42. The summed E-state index contributed by atoms with van der Waals surface area (Å²) < 4.78 is 10.8. The molecule has 5 nitrogen and oxygen atoms in total. The third-order valence-corrected chi connectivity index (χ3v) is 3.09. The Balaban J connectivity index is 2.22. The van der Waals surface area contributed by atoms with Crippen molar-refractivity contribution in [2.45, 2.75) is 32.4 Å². The first kappa shape index (κ1) is 15.0. The molecular weight excluding hydrogens is 278 g/mol. The SMILES string of the molecule is CC(C)OCC(C)(N)c1noc(-c2ccccc2Cl)n1. The molecular formula is C14H18ClN3O2. The first-order valence-electron chi connectivity index (χ1n) is 6.40. The van der Waals surface area contributed by atoms with Crippen LogP contribution in [0.5, 0.6) is 0 Å². The van der Waals surface area contributed by atoms with E-state index in [9.17, 15) is 0 Å². The molecule has 0 saturated carbocycles. The molecule has 2 aromatic rings. The Hall–Kier alpha value is -1.43. The maximum atomic E-state index is 6.17. The maximum absolute atomic E-state index is 6.17. The molecule has 1 unspecified atom stereocenters. The topological polar surface area (TPSA) is 74.2 Å². The lowest BCUT2D eigenvalue weighted by atomic mass is 10.1. The van der Waals surface area contributed by atoms with E-state index >= 15 is 0 Å². The standard InChI is InChI=1S/C14H18ClN3O2/c1-9(2)19-8-14(3,16)13-17-12(20-18-13)10-6-4-5-7-11(10)15/h4-7,9H,8,16H2,1-3H3. The van der Waals surface area contributed by atoms with Gasteiger partial charge >= 0.3 is 0 Å². The van der Waals surface area contributed by atoms with E-state index in [0.29, 0.717) is 28.9 Å². The number of hydrogen-bond donors (Lipinski definition) is 1. The first-order valence-corrected chi connectivity index (χ1v) is 6.77. The zero-order valence-corrected chi connectivity index (χ0v) is 12.5. The van der Waals surface area contributed by atoms with Crippen molar-refractivity contribution in [3.63, 3.8) is 0 Å². The fourth-order valence-electron chi connectivity index (χ4n) is 1.60. The molecule has 108 valence electrons. The van der Waals surface area contributed by atoms with Crippen molar-refractivity contribution >= 4 is 11.6 Å². The number of ether oxygens (including phenoxy) is 1. The highest BCUT2D eigenvalue weighted by atomic mass is 35.5. The van der Waals surface area contributed by atoms with Gasteiger partial charge in [-0.3, -0.25) is 0 Å². The minimum Gasteiger partial charge on any atom is -0.376 e. The summed E-state index contributed by atoms with van der Waals surface area (Å²) in [6.07, 6.45) is 0.0906. The van der Waals surface area contributed by atoms with Gasteiger partial charge in [-0.05, 0) is 32.9 Å². The quantitative estimate of drug-likeness (QED) is 0.918. The summed E-state index contributed by atoms with van der Waals surface area (Å²) in [7, 11) is 0. The van der Waals surface area contributed by atoms with Gasteiger partial charge in [-0.15, -0.1) is 0 Å². The van der Waals surface area contributed by atoms with Crippen LogP contribution < -0.4 is 5.73 Å². The number of rotatable bonds is 5. The Morgan fingerprint density at radius 2 is 2.10 bits per heavy atom. The van der Waals surface area contributed by atoms with Gasteiger partial charge in [0.05, 0.1) is 23.3 Å².